The Hall–Kier alpha value is -1.10. The summed E-state index contributed by atoms with van der Waals surface area (Å²) in [5.41, 5.74) is 5.14. The highest BCUT2D eigenvalue weighted by Crippen LogP contribution is 2.34. The maximum Gasteiger partial charge on any atom is 0.230 e. The molecule has 0 aromatic rings. The van der Waals surface area contributed by atoms with Gasteiger partial charge in [-0.15, -0.1) is 0 Å². The Bertz CT molecular complexity index is 351. The summed E-state index contributed by atoms with van der Waals surface area (Å²) in [6, 6.07) is 0. The molecule has 2 saturated heterocycles. The number of piperidine rings is 1. The van der Waals surface area contributed by atoms with E-state index in [4.69, 9.17) is 5.73 Å². The van der Waals surface area contributed by atoms with Crippen LogP contribution in [0.5, 0.6) is 0 Å². The third-order valence-electron chi connectivity index (χ3n) is 4.54. The van der Waals surface area contributed by atoms with Gasteiger partial charge in [0.1, 0.15) is 0 Å². The van der Waals surface area contributed by atoms with Crippen molar-refractivity contribution in [2.24, 2.45) is 17.1 Å². The van der Waals surface area contributed by atoms with Crippen molar-refractivity contribution in [1.29, 1.82) is 0 Å². The van der Waals surface area contributed by atoms with Gasteiger partial charge in [0.25, 0.3) is 0 Å². The second-order valence-electron chi connectivity index (χ2n) is 5.95. The molecule has 2 heterocycles. The normalized spacial score (nSPS) is 31.4. The van der Waals surface area contributed by atoms with Gasteiger partial charge in [-0.1, -0.05) is 13.3 Å². The molecule has 0 aliphatic carbocycles. The number of amides is 2. The molecule has 0 saturated carbocycles. The van der Waals surface area contributed by atoms with Crippen molar-refractivity contribution in [1.82, 2.24) is 10.2 Å². The first-order valence-corrected chi connectivity index (χ1v) is 7.38. The Kier molecular flexibility index (Phi) is 4.45. The van der Waals surface area contributed by atoms with Crippen LogP contribution in [0.25, 0.3) is 0 Å². The van der Waals surface area contributed by atoms with E-state index < -0.39 is 0 Å². The summed E-state index contributed by atoms with van der Waals surface area (Å²) in [6.45, 7) is 5.10. The molecule has 2 aliphatic rings. The topological polar surface area (TPSA) is 75.4 Å². The first-order valence-electron chi connectivity index (χ1n) is 7.38. The van der Waals surface area contributed by atoms with E-state index in [1.165, 1.54) is 0 Å². The van der Waals surface area contributed by atoms with Crippen LogP contribution in [0.2, 0.25) is 0 Å². The van der Waals surface area contributed by atoms with E-state index in [9.17, 15) is 9.59 Å². The van der Waals surface area contributed by atoms with Crippen molar-refractivity contribution in [2.45, 2.75) is 39.0 Å². The number of nitrogens with zero attached hydrogens (tertiary/aromatic N) is 1. The Morgan fingerprint density at radius 1 is 1.47 bits per heavy atom. The molecule has 108 valence electrons. The van der Waals surface area contributed by atoms with Gasteiger partial charge in [-0.25, -0.2) is 0 Å². The Morgan fingerprint density at radius 2 is 2.26 bits per heavy atom. The molecular formula is C14H25N3O2. The molecule has 19 heavy (non-hydrogen) atoms. The molecule has 2 aliphatic heterocycles. The Morgan fingerprint density at radius 3 is 2.84 bits per heavy atom. The molecule has 2 rings (SSSR count). The van der Waals surface area contributed by atoms with E-state index in [2.05, 4.69) is 12.2 Å². The number of primary amides is 1. The van der Waals surface area contributed by atoms with E-state index in [0.29, 0.717) is 6.54 Å². The molecule has 2 atom stereocenters. The van der Waals surface area contributed by atoms with Crippen LogP contribution < -0.4 is 11.1 Å². The van der Waals surface area contributed by atoms with Gasteiger partial charge in [0.2, 0.25) is 11.8 Å². The lowest BCUT2D eigenvalue weighted by molar-refractivity contribution is -0.144. The van der Waals surface area contributed by atoms with E-state index in [0.717, 1.165) is 51.7 Å². The number of hydrogen-bond donors (Lipinski definition) is 2. The summed E-state index contributed by atoms with van der Waals surface area (Å²) in [4.78, 5) is 26.0. The van der Waals surface area contributed by atoms with Gasteiger partial charge in [0, 0.05) is 19.6 Å². The fourth-order valence-corrected chi connectivity index (χ4v) is 3.45. The highest BCUT2D eigenvalue weighted by molar-refractivity contribution is 5.85. The highest BCUT2D eigenvalue weighted by atomic mass is 16.2. The van der Waals surface area contributed by atoms with E-state index in [1.807, 2.05) is 4.90 Å². The van der Waals surface area contributed by atoms with Gasteiger partial charge in [-0.05, 0) is 32.2 Å². The van der Waals surface area contributed by atoms with Crippen LogP contribution >= 0.6 is 0 Å². The summed E-state index contributed by atoms with van der Waals surface area (Å²) < 4.78 is 0. The quantitative estimate of drug-likeness (QED) is 0.778. The lowest BCUT2D eigenvalue weighted by atomic mass is 9.80. The molecule has 2 fully saturated rings. The summed E-state index contributed by atoms with van der Waals surface area (Å²) >= 11 is 0. The van der Waals surface area contributed by atoms with Crippen LogP contribution in [0.3, 0.4) is 0 Å². The van der Waals surface area contributed by atoms with Gasteiger partial charge in [0.15, 0.2) is 0 Å². The van der Waals surface area contributed by atoms with Gasteiger partial charge in [0.05, 0.1) is 11.3 Å². The van der Waals surface area contributed by atoms with Crippen LogP contribution in [0, 0.1) is 11.3 Å². The van der Waals surface area contributed by atoms with Gasteiger partial charge < -0.3 is 16.0 Å². The van der Waals surface area contributed by atoms with Crippen molar-refractivity contribution >= 4 is 11.8 Å². The molecule has 0 radical (unpaired) electrons. The summed E-state index contributed by atoms with van der Waals surface area (Å²) in [7, 11) is 0. The standard InChI is InChI=1S/C14H25N3O2/c1-2-5-14(6-7-16-10-14)13(19)17-8-3-4-11(9-17)12(15)18/h11,16H,2-10H2,1H3,(H2,15,18). The third kappa shape index (κ3) is 2.91. The molecule has 5 nitrogen and oxygen atoms in total. The lowest BCUT2D eigenvalue weighted by Crippen LogP contribution is -2.50. The van der Waals surface area contributed by atoms with Gasteiger partial charge in [-0.3, -0.25) is 9.59 Å². The minimum absolute atomic E-state index is 0.161. The maximum absolute atomic E-state index is 12.8. The van der Waals surface area contributed by atoms with Crippen molar-refractivity contribution in [2.75, 3.05) is 26.2 Å². The minimum atomic E-state index is -0.272. The predicted molar refractivity (Wildman–Crippen MR) is 73.3 cm³/mol. The number of hydrogen-bond acceptors (Lipinski definition) is 3. The predicted octanol–water partition coefficient (Wildman–Crippen LogP) is 0.490. The zero-order chi connectivity index (χ0) is 13.9. The number of carbonyl (C=O) groups excluding carboxylic acids is 2. The lowest BCUT2D eigenvalue weighted by Gasteiger charge is -2.38. The average molecular weight is 267 g/mol. The first-order chi connectivity index (χ1) is 9.09. The molecule has 0 bridgehead atoms. The SMILES string of the molecule is CCCC1(C(=O)N2CCCC(C(N)=O)C2)CCNC1. The molecule has 5 heteroatoms. The molecule has 3 N–H and O–H groups in total. The number of carbonyl (C=O) groups is 2. The fourth-order valence-electron chi connectivity index (χ4n) is 3.45. The molecule has 0 spiro atoms. The largest absolute Gasteiger partial charge is 0.369 e. The van der Waals surface area contributed by atoms with E-state index >= 15 is 0 Å². The Labute approximate surface area is 114 Å². The molecule has 0 aromatic heterocycles. The summed E-state index contributed by atoms with van der Waals surface area (Å²) in [5.74, 6) is -0.206. The van der Waals surface area contributed by atoms with Crippen LogP contribution in [0.4, 0.5) is 0 Å². The van der Waals surface area contributed by atoms with Crippen molar-refractivity contribution in [3.8, 4) is 0 Å². The maximum atomic E-state index is 12.8. The minimum Gasteiger partial charge on any atom is -0.369 e. The molecule has 0 aromatic carbocycles. The molecule has 2 amide bonds. The van der Waals surface area contributed by atoms with E-state index in [1.54, 1.807) is 0 Å². The molecule has 2 unspecified atom stereocenters. The van der Waals surface area contributed by atoms with Crippen molar-refractivity contribution < 1.29 is 9.59 Å². The van der Waals surface area contributed by atoms with Crippen LogP contribution in [0.1, 0.15) is 39.0 Å². The Balaban J connectivity index is 2.07. The summed E-state index contributed by atoms with van der Waals surface area (Å²) in [5, 5.41) is 3.31. The third-order valence-corrected chi connectivity index (χ3v) is 4.54. The number of likely N-dealkylation sites (tertiary alicyclic amines) is 1. The van der Waals surface area contributed by atoms with Crippen molar-refractivity contribution in [3.63, 3.8) is 0 Å². The second-order valence-corrected chi connectivity index (χ2v) is 5.95. The molecular weight excluding hydrogens is 242 g/mol. The van der Waals surface area contributed by atoms with Crippen molar-refractivity contribution in [3.05, 3.63) is 0 Å². The average Bonchev–Trinajstić information content (AvgIpc) is 2.88. The van der Waals surface area contributed by atoms with Crippen LogP contribution in [0.15, 0.2) is 0 Å². The zero-order valence-electron chi connectivity index (χ0n) is 11.8. The smallest absolute Gasteiger partial charge is 0.230 e. The number of rotatable bonds is 4. The highest BCUT2D eigenvalue weighted by Gasteiger charge is 2.43. The zero-order valence-corrected chi connectivity index (χ0v) is 11.8. The number of nitrogens with two attached hydrogens (primary N) is 1. The van der Waals surface area contributed by atoms with Crippen LogP contribution in [-0.2, 0) is 9.59 Å². The fraction of sp³-hybridized carbons (Fsp3) is 0.857. The second kappa shape index (κ2) is 5.90. The van der Waals surface area contributed by atoms with E-state index in [-0.39, 0.29) is 23.1 Å². The number of nitrogens with one attached hydrogen (secondary N) is 1. The monoisotopic (exact) mass is 267 g/mol. The summed E-state index contributed by atoms with van der Waals surface area (Å²) in [6.07, 6.45) is 4.56. The van der Waals surface area contributed by atoms with Gasteiger partial charge in [-0.2, -0.15) is 0 Å². The first kappa shape index (κ1) is 14.3. The van der Waals surface area contributed by atoms with Crippen LogP contribution in [-0.4, -0.2) is 42.9 Å². The van der Waals surface area contributed by atoms with Gasteiger partial charge >= 0.3 is 0 Å².